The smallest absolute Gasteiger partial charge is 0.351 e. The molecule has 0 bridgehead atoms. The van der Waals surface area contributed by atoms with Crippen LogP contribution >= 0.6 is 0 Å². The van der Waals surface area contributed by atoms with Gasteiger partial charge in [-0.3, -0.25) is 4.98 Å². The van der Waals surface area contributed by atoms with Crippen molar-refractivity contribution >= 4 is 11.1 Å². The fourth-order valence-corrected chi connectivity index (χ4v) is 1.84. The number of hydrogen-bond acceptors (Lipinski definition) is 5. The van der Waals surface area contributed by atoms with Crippen LogP contribution in [0.15, 0.2) is 20.1 Å². The van der Waals surface area contributed by atoms with Gasteiger partial charge in [-0.05, 0) is 12.0 Å². The highest BCUT2D eigenvalue weighted by molar-refractivity contribution is 5.82. The van der Waals surface area contributed by atoms with Crippen molar-refractivity contribution < 1.29 is 13.5 Å². The third-order valence-electron chi connectivity index (χ3n) is 2.52. The summed E-state index contributed by atoms with van der Waals surface area (Å²) in [7, 11) is 0. The van der Waals surface area contributed by atoms with E-state index >= 15 is 0 Å². The summed E-state index contributed by atoms with van der Waals surface area (Å²) in [5.41, 5.74) is -0.608. The van der Waals surface area contributed by atoms with Gasteiger partial charge in [-0.15, -0.1) is 0 Å². The van der Waals surface area contributed by atoms with Gasteiger partial charge in [-0.1, -0.05) is 13.3 Å². The third-order valence-corrected chi connectivity index (χ3v) is 2.52. The maximum atomic E-state index is 12.2. The molecule has 0 fully saturated rings. The first-order valence-corrected chi connectivity index (χ1v) is 5.91. The third kappa shape index (κ3) is 2.81. The van der Waals surface area contributed by atoms with Gasteiger partial charge in [-0.25, -0.2) is 14.0 Å². The molecule has 0 spiro atoms. The summed E-state index contributed by atoms with van der Waals surface area (Å²) in [6.07, 6.45) is 1.39. The van der Waals surface area contributed by atoms with E-state index in [2.05, 4.69) is 9.97 Å². The lowest BCUT2D eigenvalue weighted by molar-refractivity contribution is 0.266. The predicted octanol–water partition coefficient (Wildman–Crippen LogP) is 1.18. The van der Waals surface area contributed by atoms with Crippen LogP contribution in [0.2, 0.25) is 0 Å². The van der Waals surface area contributed by atoms with Gasteiger partial charge in [0.2, 0.25) is 11.6 Å². The van der Waals surface area contributed by atoms with Crippen LogP contribution in [0.4, 0.5) is 4.39 Å². The zero-order chi connectivity index (χ0) is 13.8. The fourth-order valence-electron chi connectivity index (χ4n) is 1.84. The van der Waals surface area contributed by atoms with E-state index in [0.717, 1.165) is 6.42 Å². The minimum atomic E-state index is -0.710. The highest BCUT2D eigenvalue weighted by Crippen LogP contribution is 2.24. The summed E-state index contributed by atoms with van der Waals surface area (Å²) in [4.78, 5) is 28.7. The van der Waals surface area contributed by atoms with Gasteiger partial charge in [0.15, 0.2) is 0 Å². The van der Waals surface area contributed by atoms with E-state index in [9.17, 15) is 14.0 Å². The zero-order valence-corrected chi connectivity index (χ0v) is 10.4. The molecule has 0 saturated heterocycles. The maximum absolute atomic E-state index is 12.2. The molecule has 0 aliphatic rings. The van der Waals surface area contributed by atoms with E-state index in [0.29, 0.717) is 17.4 Å². The minimum absolute atomic E-state index is 0.00445. The summed E-state index contributed by atoms with van der Waals surface area (Å²) < 4.78 is 22.2. The second kappa shape index (κ2) is 5.64. The van der Waals surface area contributed by atoms with Gasteiger partial charge in [0, 0.05) is 6.07 Å². The van der Waals surface area contributed by atoms with Crippen LogP contribution in [0.25, 0.3) is 11.1 Å². The molecule has 2 aromatic heterocycles. The zero-order valence-electron chi connectivity index (χ0n) is 10.4. The molecule has 0 atom stereocenters. The molecule has 6 nitrogen and oxygen atoms in total. The molecule has 0 aliphatic carbocycles. The Morgan fingerprint density at radius 1 is 1.47 bits per heavy atom. The van der Waals surface area contributed by atoms with E-state index in [1.807, 2.05) is 6.92 Å². The summed E-state index contributed by atoms with van der Waals surface area (Å²) in [5, 5.41) is 0.412. The Hall–Kier alpha value is -2.18. The van der Waals surface area contributed by atoms with Gasteiger partial charge in [0.1, 0.15) is 18.7 Å². The largest absolute Gasteiger partial charge is 0.474 e. The Balaban J connectivity index is 2.71. The molecule has 2 heterocycles. The number of aromatic amines is 1. The molecule has 7 heteroatoms. The molecule has 0 unspecified atom stereocenters. The first-order valence-electron chi connectivity index (χ1n) is 5.91. The minimum Gasteiger partial charge on any atom is -0.474 e. The second-order valence-electron chi connectivity index (χ2n) is 3.93. The highest BCUT2D eigenvalue weighted by Gasteiger charge is 2.14. The molecule has 2 rings (SSSR count). The van der Waals surface area contributed by atoms with Crippen LogP contribution in [0.3, 0.4) is 0 Å². The summed E-state index contributed by atoms with van der Waals surface area (Å²) >= 11 is 0. The van der Waals surface area contributed by atoms with Crippen LogP contribution in [0, 0.1) is 0 Å². The van der Waals surface area contributed by atoms with Gasteiger partial charge < -0.3 is 9.15 Å². The summed E-state index contributed by atoms with van der Waals surface area (Å²) in [6, 6.07) is 1.33. The van der Waals surface area contributed by atoms with Crippen molar-refractivity contribution in [2.75, 3.05) is 13.3 Å². The van der Waals surface area contributed by atoms with Crippen LogP contribution in [0.1, 0.15) is 18.9 Å². The normalized spacial score (nSPS) is 10.8. The first kappa shape index (κ1) is 13.3. The van der Waals surface area contributed by atoms with Crippen molar-refractivity contribution in [3.05, 3.63) is 32.5 Å². The van der Waals surface area contributed by atoms with Gasteiger partial charge >= 0.3 is 11.3 Å². The van der Waals surface area contributed by atoms with Gasteiger partial charge in [0.05, 0.1) is 0 Å². The summed E-state index contributed by atoms with van der Waals surface area (Å²) in [6.45, 7) is 1.04. The lowest BCUT2D eigenvalue weighted by Gasteiger charge is -2.08. The molecule has 19 heavy (non-hydrogen) atoms. The Morgan fingerprint density at radius 2 is 2.26 bits per heavy atom. The van der Waals surface area contributed by atoms with E-state index in [1.165, 1.54) is 6.07 Å². The molecule has 102 valence electrons. The van der Waals surface area contributed by atoms with Gasteiger partial charge in [-0.2, -0.15) is 4.98 Å². The molecule has 1 N–H and O–H groups in total. The monoisotopic (exact) mass is 268 g/mol. The van der Waals surface area contributed by atoms with E-state index < -0.39 is 18.0 Å². The topological polar surface area (TPSA) is 85.2 Å². The SMILES string of the molecule is CCCc1cc(=O)oc2[nH]c(=O)nc(OCCF)c12. The number of nitrogens with zero attached hydrogens (tertiary/aromatic N) is 1. The number of alkyl halides is 1. The lowest BCUT2D eigenvalue weighted by atomic mass is 10.1. The lowest BCUT2D eigenvalue weighted by Crippen LogP contribution is -2.15. The Kier molecular flexibility index (Phi) is 3.94. The standard InChI is InChI=1S/C12H13FN2O4/c1-2-3-7-6-8(16)19-11-9(7)10(18-5-4-13)14-12(17)15-11/h6H,2-5H2,1H3,(H,14,15,17). The van der Waals surface area contributed by atoms with Crippen molar-refractivity contribution in [3.8, 4) is 5.88 Å². The van der Waals surface area contributed by atoms with Crippen molar-refractivity contribution in [2.24, 2.45) is 0 Å². The van der Waals surface area contributed by atoms with E-state index in [-0.39, 0.29) is 18.2 Å². The summed E-state index contributed by atoms with van der Waals surface area (Å²) in [5.74, 6) is -0.0106. The predicted molar refractivity (Wildman–Crippen MR) is 66.4 cm³/mol. The van der Waals surface area contributed by atoms with Crippen LogP contribution in [-0.2, 0) is 6.42 Å². The van der Waals surface area contributed by atoms with Crippen molar-refractivity contribution in [1.29, 1.82) is 0 Å². The molecule has 0 aliphatic heterocycles. The number of fused-ring (bicyclic) bond motifs is 1. The number of aryl methyl sites for hydroxylation is 1. The number of hydrogen-bond donors (Lipinski definition) is 1. The average Bonchev–Trinajstić information content (AvgIpc) is 2.35. The van der Waals surface area contributed by atoms with E-state index in [4.69, 9.17) is 9.15 Å². The average molecular weight is 268 g/mol. The molecular formula is C12H13FN2O4. The fraction of sp³-hybridized carbons (Fsp3) is 0.417. The Morgan fingerprint density at radius 3 is 2.95 bits per heavy atom. The van der Waals surface area contributed by atoms with Crippen LogP contribution in [0.5, 0.6) is 5.88 Å². The molecule has 0 amide bonds. The number of rotatable bonds is 5. The molecule has 2 aromatic rings. The van der Waals surface area contributed by atoms with Crippen LogP contribution in [-0.4, -0.2) is 23.2 Å². The number of aromatic nitrogens is 2. The van der Waals surface area contributed by atoms with E-state index in [1.54, 1.807) is 0 Å². The quantitative estimate of drug-likeness (QED) is 0.880. The Bertz CT molecular complexity index is 687. The molecule has 0 aromatic carbocycles. The number of ether oxygens (including phenoxy) is 1. The number of H-pyrrole nitrogens is 1. The first-order chi connectivity index (χ1) is 9.15. The molecule has 0 radical (unpaired) electrons. The molecular weight excluding hydrogens is 255 g/mol. The molecule has 0 saturated carbocycles. The van der Waals surface area contributed by atoms with Crippen LogP contribution < -0.4 is 16.1 Å². The Labute approximate surface area is 107 Å². The van der Waals surface area contributed by atoms with Gasteiger partial charge in [0.25, 0.3) is 0 Å². The van der Waals surface area contributed by atoms with Crippen molar-refractivity contribution in [2.45, 2.75) is 19.8 Å². The highest BCUT2D eigenvalue weighted by atomic mass is 19.1. The maximum Gasteiger partial charge on any atom is 0.351 e. The number of halogens is 1. The second-order valence-corrected chi connectivity index (χ2v) is 3.93. The number of nitrogens with one attached hydrogen (secondary N) is 1. The van der Waals surface area contributed by atoms with Crippen molar-refractivity contribution in [1.82, 2.24) is 9.97 Å². The van der Waals surface area contributed by atoms with Crippen molar-refractivity contribution in [3.63, 3.8) is 0 Å².